The van der Waals surface area contributed by atoms with Crippen molar-refractivity contribution in [3.8, 4) is 0 Å². The summed E-state index contributed by atoms with van der Waals surface area (Å²) in [7, 11) is 0. The van der Waals surface area contributed by atoms with E-state index in [9.17, 15) is 4.79 Å². The summed E-state index contributed by atoms with van der Waals surface area (Å²) >= 11 is 0. The van der Waals surface area contributed by atoms with Crippen molar-refractivity contribution in [2.24, 2.45) is 5.92 Å². The van der Waals surface area contributed by atoms with Gasteiger partial charge in [0.1, 0.15) is 5.60 Å². The van der Waals surface area contributed by atoms with Crippen LogP contribution in [0.3, 0.4) is 0 Å². The van der Waals surface area contributed by atoms with Crippen molar-refractivity contribution >= 4 is 6.09 Å². The molecule has 2 atom stereocenters. The van der Waals surface area contributed by atoms with Gasteiger partial charge in [-0.15, -0.1) is 0 Å². The molecular formula is C16H25N3O3. The van der Waals surface area contributed by atoms with E-state index in [1.807, 2.05) is 27.7 Å². The van der Waals surface area contributed by atoms with Crippen LogP contribution in [0.4, 0.5) is 4.79 Å². The molecule has 0 radical (unpaired) electrons. The third-order valence-electron chi connectivity index (χ3n) is 3.52. The minimum absolute atomic E-state index is 0.0933. The molecule has 0 aromatic carbocycles. The fourth-order valence-corrected chi connectivity index (χ4v) is 2.35. The highest BCUT2D eigenvalue weighted by atomic mass is 16.6. The molecule has 0 N–H and O–H groups in total. The van der Waals surface area contributed by atoms with E-state index in [-0.39, 0.29) is 12.2 Å². The molecule has 1 aromatic rings. The molecule has 22 heavy (non-hydrogen) atoms. The molecule has 2 rings (SSSR count). The normalized spacial score (nSPS) is 20.0. The van der Waals surface area contributed by atoms with Gasteiger partial charge in [0.2, 0.25) is 0 Å². The van der Waals surface area contributed by atoms with Crippen molar-refractivity contribution in [1.29, 1.82) is 0 Å². The third kappa shape index (κ3) is 4.94. The number of nitrogens with zero attached hydrogens (tertiary/aromatic N) is 3. The van der Waals surface area contributed by atoms with E-state index in [0.29, 0.717) is 19.1 Å². The number of aromatic nitrogens is 2. The number of carbonyl (C=O) groups is 1. The molecule has 1 aliphatic rings. The molecule has 2 heterocycles. The topological polar surface area (TPSA) is 64.5 Å². The van der Waals surface area contributed by atoms with E-state index < -0.39 is 5.60 Å². The maximum atomic E-state index is 12.0. The van der Waals surface area contributed by atoms with E-state index in [1.54, 1.807) is 23.5 Å². The first-order valence-electron chi connectivity index (χ1n) is 7.70. The van der Waals surface area contributed by atoms with Gasteiger partial charge >= 0.3 is 6.09 Å². The summed E-state index contributed by atoms with van der Waals surface area (Å²) in [5.74, 6) is 0.339. The first-order valence-corrected chi connectivity index (χ1v) is 7.70. The Bertz CT molecular complexity index is 487. The first-order chi connectivity index (χ1) is 10.3. The predicted octanol–water partition coefficient (Wildman–Crippen LogP) is 2.81. The molecule has 0 unspecified atom stereocenters. The lowest BCUT2D eigenvalue weighted by Crippen LogP contribution is -2.35. The van der Waals surface area contributed by atoms with Crippen LogP contribution in [-0.4, -0.2) is 46.3 Å². The van der Waals surface area contributed by atoms with Gasteiger partial charge in [-0.1, -0.05) is 0 Å². The van der Waals surface area contributed by atoms with E-state index in [4.69, 9.17) is 9.47 Å². The Morgan fingerprint density at radius 2 is 2.23 bits per heavy atom. The summed E-state index contributed by atoms with van der Waals surface area (Å²) in [5, 5.41) is 0. The van der Waals surface area contributed by atoms with Gasteiger partial charge in [-0.05, 0) is 34.1 Å². The molecule has 1 saturated heterocycles. The predicted molar refractivity (Wildman–Crippen MR) is 82.3 cm³/mol. The number of likely N-dealkylation sites (tertiary alicyclic amines) is 1. The highest BCUT2D eigenvalue weighted by molar-refractivity contribution is 5.68. The van der Waals surface area contributed by atoms with E-state index in [2.05, 4.69) is 9.97 Å². The second kappa shape index (κ2) is 7.05. The van der Waals surface area contributed by atoms with Crippen molar-refractivity contribution < 1.29 is 14.3 Å². The fraction of sp³-hybridized carbons (Fsp3) is 0.688. The monoisotopic (exact) mass is 307 g/mol. The van der Waals surface area contributed by atoms with Crippen molar-refractivity contribution in [1.82, 2.24) is 14.9 Å². The van der Waals surface area contributed by atoms with Crippen LogP contribution in [0.1, 0.15) is 45.9 Å². The first kappa shape index (κ1) is 16.7. The van der Waals surface area contributed by atoms with Crippen LogP contribution in [0.25, 0.3) is 0 Å². The van der Waals surface area contributed by atoms with Gasteiger partial charge in [-0.2, -0.15) is 0 Å². The standard InChI is InChI=1S/C16H25N3O3/c1-12(14-9-17-6-7-18-14)21-11-13-5-8-19(10-13)15(20)22-16(2,3)4/h6-7,9,12-13H,5,8,10-11H2,1-4H3/t12-,13+/m0/s1. The van der Waals surface area contributed by atoms with Crippen LogP contribution in [0, 0.1) is 5.92 Å². The molecule has 122 valence electrons. The average Bonchev–Trinajstić information content (AvgIpc) is 2.93. The Balaban J connectivity index is 1.76. The number of hydrogen-bond donors (Lipinski definition) is 0. The summed E-state index contributed by atoms with van der Waals surface area (Å²) in [6.45, 7) is 9.62. The fourth-order valence-electron chi connectivity index (χ4n) is 2.35. The SMILES string of the molecule is C[C@H](OC[C@@H]1CCN(C(=O)OC(C)(C)C)C1)c1cnccn1. The summed E-state index contributed by atoms with van der Waals surface area (Å²) in [5.41, 5.74) is 0.371. The van der Waals surface area contributed by atoms with Gasteiger partial charge in [0.15, 0.2) is 0 Å². The highest BCUT2D eigenvalue weighted by Gasteiger charge is 2.30. The maximum Gasteiger partial charge on any atom is 0.410 e. The van der Waals surface area contributed by atoms with Crippen molar-refractivity contribution in [2.75, 3.05) is 19.7 Å². The molecule has 1 amide bonds. The second-order valence-corrected chi connectivity index (χ2v) is 6.69. The summed E-state index contributed by atoms with van der Waals surface area (Å²) in [6.07, 6.45) is 5.63. The second-order valence-electron chi connectivity index (χ2n) is 6.69. The van der Waals surface area contributed by atoms with Gasteiger partial charge < -0.3 is 14.4 Å². The molecular weight excluding hydrogens is 282 g/mol. The Morgan fingerprint density at radius 3 is 2.86 bits per heavy atom. The number of hydrogen-bond acceptors (Lipinski definition) is 5. The van der Waals surface area contributed by atoms with Gasteiger partial charge in [0.25, 0.3) is 0 Å². The number of rotatable bonds is 4. The van der Waals surface area contributed by atoms with Crippen LogP contribution < -0.4 is 0 Å². The lowest BCUT2D eigenvalue weighted by Gasteiger charge is -2.24. The van der Waals surface area contributed by atoms with Gasteiger partial charge in [0.05, 0.1) is 24.6 Å². The zero-order chi connectivity index (χ0) is 16.2. The molecule has 1 aromatic heterocycles. The van der Waals surface area contributed by atoms with Crippen LogP contribution >= 0.6 is 0 Å². The largest absolute Gasteiger partial charge is 0.444 e. The van der Waals surface area contributed by atoms with Gasteiger partial charge in [0, 0.05) is 31.4 Å². The average molecular weight is 307 g/mol. The van der Waals surface area contributed by atoms with E-state index in [0.717, 1.165) is 18.7 Å². The minimum atomic E-state index is -0.452. The van der Waals surface area contributed by atoms with E-state index >= 15 is 0 Å². The van der Waals surface area contributed by atoms with Crippen LogP contribution in [-0.2, 0) is 9.47 Å². The quantitative estimate of drug-likeness (QED) is 0.856. The van der Waals surface area contributed by atoms with Gasteiger partial charge in [-0.25, -0.2) is 4.79 Å². The molecule has 1 aliphatic heterocycles. The zero-order valence-electron chi connectivity index (χ0n) is 13.8. The Labute approximate surface area is 131 Å². The molecule has 6 nitrogen and oxygen atoms in total. The Morgan fingerprint density at radius 1 is 1.45 bits per heavy atom. The lowest BCUT2D eigenvalue weighted by molar-refractivity contribution is 0.0228. The molecule has 0 bridgehead atoms. The lowest BCUT2D eigenvalue weighted by atomic mass is 10.1. The summed E-state index contributed by atoms with van der Waals surface area (Å²) < 4.78 is 11.3. The van der Waals surface area contributed by atoms with Crippen molar-refractivity contribution in [2.45, 2.75) is 45.8 Å². The summed E-state index contributed by atoms with van der Waals surface area (Å²) in [6, 6.07) is 0. The van der Waals surface area contributed by atoms with E-state index in [1.165, 1.54) is 0 Å². The van der Waals surface area contributed by atoms with Crippen LogP contribution in [0.5, 0.6) is 0 Å². The molecule has 0 spiro atoms. The zero-order valence-corrected chi connectivity index (χ0v) is 13.8. The summed E-state index contributed by atoms with van der Waals surface area (Å²) in [4.78, 5) is 22.0. The molecule has 0 aliphatic carbocycles. The van der Waals surface area contributed by atoms with Crippen LogP contribution in [0.15, 0.2) is 18.6 Å². The number of ether oxygens (including phenoxy) is 2. The Hall–Kier alpha value is -1.69. The smallest absolute Gasteiger partial charge is 0.410 e. The van der Waals surface area contributed by atoms with Crippen LogP contribution in [0.2, 0.25) is 0 Å². The number of carbonyl (C=O) groups excluding carboxylic acids is 1. The molecule has 0 saturated carbocycles. The minimum Gasteiger partial charge on any atom is -0.444 e. The van der Waals surface area contributed by atoms with Crippen molar-refractivity contribution in [3.63, 3.8) is 0 Å². The highest BCUT2D eigenvalue weighted by Crippen LogP contribution is 2.22. The Kier molecular flexibility index (Phi) is 5.34. The van der Waals surface area contributed by atoms with Crippen molar-refractivity contribution in [3.05, 3.63) is 24.3 Å². The third-order valence-corrected chi connectivity index (χ3v) is 3.52. The number of amides is 1. The molecule has 6 heteroatoms. The molecule has 1 fully saturated rings. The van der Waals surface area contributed by atoms with Gasteiger partial charge in [-0.3, -0.25) is 9.97 Å². The maximum absolute atomic E-state index is 12.0.